The van der Waals surface area contributed by atoms with E-state index in [1.54, 1.807) is 6.07 Å². The number of carboxylic acids is 1. The predicted molar refractivity (Wildman–Crippen MR) is 66.9 cm³/mol. The van der Waals surface area contributed by atoms with Crippen molar-refractivity contribution >= 4 is 23.2 Å². The molecular formula is C12H15NO4S. The van der Waals surface area contributed by atoms with E-state index >= 15 is 0 Å². The minimum absolute atomic E-state index is 0.0891. The first-order valence-electron chi connectivity index (χ1n) is 5.69. The van der Waals surface area contributed by atoms with Crippen LogP contribution in [-0.2, 0) is 4.79 Å². The molecule has 0 bridgehead atoms. The molecule has 0 radical (unpaired) electrons. The van der Waals surface area contributed by atoms with Crippen molar-refractivity contribution in [1.82, 2.24) is 4.90 Å². The van der Waals surface area contributed by atoms with Crippen molar-refractivity contribution in [2.45, 2.75) is 32.4 Å². The largest absolute Gasteiger partial charge is 0.480 e. The molecule has 1 fully saturated rings. The van der Waals surface area contributed by atoms with Crippen molar-refractivity contribution in [1.29, 1.82) is 0 Å². The monoisotopic (exact) mass is 269 g/mol. The Labute approximate surface area is 109 Å². The number of carbonyl (C=O) groups excluding carboxylic acids is 1. The van der Waals surface area contributed by atoms with Crippen LogP contribution in [0.3, 0.4) is 0 Å². The highest BCUT2D eigenvalue weighted by Crippen LogP contribution is 2.26. The molecule has 5 nitrogen and oxygen atoms in total. The predicted octanol–water partition coefficient (Wildman–Crippen LogP) is 1.02. The minimum Gasteiger partial charge on any atom is -0.480 e. The summed E-state index contributed by atoms with van der Waals surface area (Å²) in [4.78, 5) is 26.1. The van der Waals surface area contributed by atoms with E-state index in [1.165, 1.54) is 16.2 Å². The van der Waals surface area contributed by atoms with Gasteiger partial charge in [0.25, 0.3) is 5.91 Å². The van der Waals surface area contributed by atoms with Crippen molar-refractivity contribution in [3.8, 4) is 0 Å². The van der Waals surface area contributed by atoms with Crippen LogP contribution < -0.4 is 0 Å². The molecule has 0 aromatic carbocycles. The second kappa shape index (κ2) is 4.70. The van der Waals surface area contributed by atoms with Gasteiger partial charge in [-0.25, -0.2) is 4.79 Å². The van der Waals surface area contributed by atoms with Gasteiger partial charge in [0.1, 0.15) is 6.04 Å². The first-order valence-corrected chi connectivity index (χ1v) is 6.50. The van der Waals surface area contributed by atoms with Crippen LogP contribution in [0.5, 0.6) is 0 Å². The molecule has 2 atom stereocenters. The summed E-state index contributed by atoms with van der Waals surface area (Å²) >= 11 is 1.36. The average Bonchev–Trinajstić information content (AvgIpc) is 2.82. The van der Waals surface area contributed by atoms with Gasteiger partial charge in [-0.15, -0.1) is 11.3 Å². The third kappa shape index (κ3) is 2.26. The molecule has 0 saturated carbocycles. The van der Waals surface area contributed by atoms with Gasteiger partial charge in [0.2, 0.25) is 0 Å². The Kier molecular flexibility index (Phi) is 3.41. The number of aliphatic hydroxyl groups is 1. The number of rotatable bonds is 2. The Morgan fingerprint density at radius 1 is 1.44 bits per heavy atom. The molecule has 1 aromatic rings. The van der Waals surface area contributed by atoms with Crippen LogP contribution >= 0.6 is 11.3 Å². The topological polar surface area (TPSA) is 77.8 Å². The summed E-state index contributed by atoms with van der Waals surface area (Å²) in [7, 11) is 0. The van der Waals surface area contributed by atoms with Crippen molar-refractivity contribution in [3.05, 3.63) is 21.4 Å². The average molecular weight is 269 g/mol. The van der Waals surface area contributed by atoms with Crippen LogP contribution in [0, 0.1) is 13.8 Å². The van der Waals surface area contributed by atoms with E-state index in [2.05, 4.69) is 0 Å². The Balaban J connectivity index is 2.25. The lowest BCUT2D eigenvalue weighted by molar-refractivity contribution is -0.141. The van der Waals surface area contributed by atoms with Crippen LogP contribution in [0.2, 0.25) is 0 Å². The molecule has 1 aromatic heterocycles. The van der Waals surface area contributed by atoms with Gasteiger partial charge in [0.05, 0.1) is 11.0 Å². The molecule has 1 aliphatic rings. The lowest BCUT2D eigenvalue weighted by Crippen LogP contribution is -2.40. The maximum absolute atomic E-state index is 12.2. The van der Waals surface area contributed by atoms with Gasteiger partial charge in [-0.05, 0) is 25.5 Å². The molecule has 18 heavy (non-hydrogen) atoms. The molecule has 6 heteroatoms. The number of likely N-dealkylation sites (tertiary alicyclic amines) is 1. The molecule has 2 unspecified atom stereocenters. The molecule has 2 heterocycles. The second-order valence-electron chi connectivity index (χ2n) is 4.55. The summed E-state index contributed by atoms with van der Waals surface area (Å²) in [6.45, 7) is 3.92. The van der Waals surface area contributed by atoms with Crippen LogP contribution in [0.1, 0.15) is 26.5 Å². The molecule has 0 aliphatic carbocycles. The number of thiophene rings is 1. The van der Waals surface area contributed by atoms with Gasteiger partial charge in [0, 0.05) is 17.8 Å². The summed E-state index contributed by atoms with van der Waals surface area (Å²) < 4.78 is 0. The maximum Gasteiger partial charge on any atom is 0.326 e. The molecule has 2 rings (SSSR count). The smallest absolute Gasteiger partial charge is 0.326 e. The zero-order valence-corrected chi connectivity index (χ0v) is 11.0. The quantitative estimate of drug-likeness (QED) is 0.840. The molecule has 2 N–H and O–H groups in total. The number of aliphatic hydroxyl groups excluding tert-OH is 1. The lowest BCUT2D eigenvalue weighted by Gasteiger charge is -2.20. The van der Waals surface area contributed by atoms with Gasteiger partial charge in [-0.2, -0.15) is 0 Å². The second-order valence-corrected chi connectivity index (χ2v) is 5.81. The Morgan fingerprint density at radius 3 is 2.61 bits per heavy atom. The van der Waals surface area contributed by atoms with Crippen LogP contribution in [0.15, 0.2) is 6.07 Å². The number of aryl methyl sites for hydroxylation is 2. The molecule has 0 spiro atoms. The number of carboxylic acid groups (broad SMARTS) is 1. The fraction of sp³-hybridized carbons (Fsp3) is 0.500. The number of β-amino-alcohol motifs (C(OH)–C–C–N with tert-alkyl or cyclic N) is 1. The SMILES string of the molecule is Cc1cc(C(=O)N2CC(O)CC2C(=O)O)sc1C. The summed E-state index contributed by atoms with van der Waals surface area (Å²) in [5.74, 6) is -1.37. The standard InChI is InChI=1S/C12H15NO4S/c1-6-3-10(18-7(6)2)11(15)13-5-8(14)4-9(13)12(16)17/h3,8-9,14H,4-5H2,1-2H3,(H,16,17). The first-order chi connectivity index (χ1) is 8.40. The zero-order valence-electron chi connectivity index (χ0n) is 10.2. The van der Waals surface area contributed by atoms with E-state index < -0.39 is 18.1 Å². The molecule has 98 valence electrons. The lowest BCUT2D eigenvalue weighted by atomic mass is 10.2. The number of amides is 1. The van der Waals surface area contributed by atoms with Gasteiger partial charge >= 0.3 is 5.97 Å². The highest BCUT2D eigenvalue weighted by atomic mass is 32.1. The van der Waals surface area contributed by atoms with Crippen LogP contribution in [-0.4, -0.2) is 45.7 Å². The fourth-order valence-electron chi connectivity index (χ4n) is 2.09. The third-order valence-electron chi connectivity index (χ3n) is 3.20. The van der Waals surface area contributed by atoms with Gasteiger partial charge < -0.3 is 15.1 Å². The normalized spacial score (nSPS) is 23.4. The minimum atomic E-state index is -1.06. The van der Waals surface area contributed by atoms with E-state index in [0.29, 0.717) is 4.88 Å². The van der Waals surface area contributed by atoms with E-state index in [1.807, 2.05) is 13.8 Å². The highest BCUT2D eigenvalue weighted by Gasteiger charge is 2.39. The first kappa shape index (κ1) is 13.0. The van der Waals surface area contributed by atoms with E-state index in [4.69, 9.17) is 5.11 Å². The third-order valence-corrected chi connectivity index (χ3v) is 4.34. The molecule has 1 aliphatic heterocycles. The van der Waals surface area contributed by atoms with Gasteiger partial charge in [0.15, 0.2) is 0 Å². The number of nitrogens with zero attached hydrogens (tertiary/aromatic N) is 1. The van der Waals surface area contributed by atoms with Crippen LogP contribution in [0.25, 0.3) is 0 Å². The van der Waals surface area contributed by atoms with Gasteiger partial charge in [-0.1, -0.05) is 0 Å². The number of carbonyl (C=O) groups is 2. The number of hydrogen-bond donors (Lipinski definition) is 2. The molecule has 1 saturated heterocycles. The zero-order chi connectivity index (χ0) is 13.4. The Hall–Kier alpha value is -1.40. The van der Waals surface area contributed by atoms with Crippen molar-refractivity contribution < 1.29 is 19.8 Å². The highest BCUT2D eigenvalue weighted by molar-refractivity contribution is 7.14. The Morgan fingerprint density at radius 2 is 2.11 bits per heavy atom. The van der Waals surface area contributed by atoms with E-state index in [-0.39, 0.29) is 18.9 Å². The van der Waals surface area contributed by atoms with Crippen molar-refractivity contribution in [3.63, 3.8) is 0 Å². The summed E-state index contributed by atoms with van der Waals surface area (Å²) in [6, 6.07) is 0.849. The van der Waals surface area contributed by atoms with Crippen molar-refractivity contribution in [2.24, 2.45) is 0 Å². The number of aliphatic carboxylic acids is 1. The van der Waals surface area contributed by atoms with E-state index in [9.17, 15) is 14.7 Å². The summed E-state index contributed by atoms with van der Waals surface area (Å²) in [5.41, 5.74) is 1.02. The Bertz CT molecular complexity index is 477. The van der Waals surface area contributed by atoms with E-state index in [0.717, 1.165) is 10.4 Å². The van der Waals surface area contributed by atoms with Gasteiger partial charge in [-0.3, -0.25) is 4.79 Å². The summed E-state index contributed by atoms with van der Waals surface area (Å²) in [6.07, 6.45) is -0.651. The molecule has 1 amide bonds. The van der Waals surface area contributed by atoms with Crippen LogP contribution in [0.4, 0.5) is 0 Å². The van der Waals surface area contributed by atoms with Crippen molar-refractivity contribution in [2.75, 3.05) is 6.54 Å². The molecular weight excluding hydrogens is 254 g/mol. The number of hydrogen-bond acceptors (Lipinski definition) is 4. The summed E-state index contributed by atoms with van der Waals surface area (Å²) in [5, 5.41) is 18.6. The maximum atomic E-state index is 12.2. The fourth-order valence-corrected chi connectivity index (χ4v) is 3.08.